The first-order valence-corrected chi connectivity index (χ1v) is 5.47. The summed E-state index contributed by atoms with van der Waals surface area (Å²) in [5, 5.41) is 3.19. The smallest absolute Gasteiger partial charge is 0.128 e. The van der Waals surface area contributed by atoms with Gasteiger partial charge in [-0.25, -0.2) is 4.98 Å². The lowest BCUT2D eigenvalue weighted by Gasteiger charge is -2.05. The standard InChI is InChI=1S/C10H12N4S/c1-7-3-13-10(2-9(7)11)14-5-8-4-12-6-15-8/h2-4,6H,5H2,1H3,(H3,11,13,14). The lowest BCUT2D eigenvalue weighted by Crippen LogP contribution is -2.01. The Hall–Kier alpha value is -1.62. The highest BCUT2D eigenvalue weighted by Crippen LogP contribution is 2.15. The molecule has 0 aromatic carbocycles. The monoisotopic (exact) mass is 220 g/mol. The molecule has 0 aliphatic heterocycles. The third-order valence-corrected chi connectivity index (χ3v) is 2.85. The van der Waals surface area contributed by atoms with Crippen LogP contribution >= 0.6 is 11.3 Å². The molecule has 0 atom stereocenters. The Morgan fingerprint density at radius 2 is 2.33 bits per heavy atom. The average molecular weight is 220 g/mol. The Kier molecular flexibility index (Phi) is 2.82. The zero-order chi connectivity index (χ0) is 10.7. The number of nitrogens with two attached hydrogens (primary N) is 1. The van der Waals surface area contributed by atoms with Gasteiger partial charge in [-0.3, -0.25) is 4.98 Å². The van der Waals surface area contributed by atoms with Crippen molar-refractivity contribution in [3.8, 4) is 0 Å². The van der Waals surface area contributed by atoms with Crippen LogP contribution in [0.3, 0.4) is 0 Å². The molecule has 2 aromatic heterocycles. The summed E-state index contributed by atoms with van der Waals surface area (Å²) < 4.78 is 0. The van der Waals surface area contributed by atoms with Crippen LogP contribution in [0.5, 0.6) is 0 Å². The van der Waals surface area contributed by atoms with Crippen molar-refractivity contribution in [2.75, 3.05) is 11.1 Å². The van der Waals surface area contributed by atoms with Gasteiger partial charge in [0.2, 0.25) is 0 Å². The summed E-state index contributed by atoms with van der Waals surface area (Å²) in [5.41, 5.74) is 9.35. The molecule has 0 radical (unpaired) electrons. The van der Waals surface area contributed by atoms with Crippen LogP contribution in [-0.4, -0.2) is 9.97 Å². The second-order valence-corrected chi connectivity index (χ2v) is 4.22. The predicted molar refractivity (Wildman–Crippen MR) is 62.8 cm³/mol. The van der Waals surface area contributed by atoms with Gasteiger partial charge in [0, 0.05) is 29.0 Å². The predicted octanol–water partition coefficient (Wildman–Crippen LogP) is 2.04. The van der Waals surface area contributed by atoms with Gasteiger partial charge in [0.1, 0.15) is 5.82 Å². The van der Waals surface area contributed by atoms with Crippen LogP contribution in [0.2, 0.25) is 0 Å². The van der Waals surface area contributed by atoms with Crippen LogP contribution in [-0.2, 0) is 6.54 Å². The second-order valence-electron chi connectivity index (χ2n) is 3.25. The normalized spacial score (nSPS) is 10.2. The van der Waals surface area contributed by atoms with Gasteiger partial charge < -0.3 is 11.1 Å². The van der Waals surface area contributed by atoms with E-state index in [2.05, 4.69) is 15.3 Å². The Balaban J connectivity index is 2.02. The molecule has 0 fully saturated rings. The fraction of sp³-hybridized carbons (Fsp3) is 0.200. The van der Waals surface area contributed by atoms with Crippen molar-refractivity contribution in [1.82, 2.24) is 9.97 Å². The van der Waals surface area contributed by atoms with E-state index in [1.54, 1.807) is 17.5 Å². The number of nitrogen functional groups attached to an aromatic ring is 1. The van der Waals surface area contributed by atoms with E-state index in [4.69, 9.17) is 5.73 Å². The summed E-state index contributed by atoms with van der Waals surface area (Å²) >= 11 is 1.62. The zero-order valence-electron chi connectivity index (χ0n) is 8.40. The lowest BCUT2D eigenvalue weighted by molar-refractivity contribution is 1.12. The minimum absolute atomic E-state index is 0.736. The maximum atomic E-state index is 5.78. The van der Waals surface area contributed by atoms with Crippen molar-refractivity contribution >= 4 is 22.8 Å². The Labute approximate surface area is 92.2 Å². The van der Waals surface area contributed by atoms with Gasteiger partial charge in [-0.05, 0) is 12.5 Å². The van der Waals surface area contributed by atoms with E-state index in [-0.39, 0.29) is 0 Å². The SMILES string of the molecule is Cc1cnc(NCc2cncs2)cc1N. The number of rotatable bonds is 3. The van der Waals surface area contributed by atoms with Crippen LogP contribution in [0.1, 0.15) is 10.4 Å². The van der Waals surface area contributed by atoms with E-state index in [0.29, 0.717) is 0 Å². The number of hydrogen-bond donors (Lipinski definition) is 2. The first kappa shape index (κ1) is 9.92. The Morgan fingerprint density at radius 3 is 3.00 bits per heavy atom. The molecule has 0 aliphatic rings. The molecule has 78 valence electrons. The highest BCUT2D eigenvalue weighted by molar-refractivity contribution is 7.09. The molecule has 0 saturated heterocycles. The van der Waals surface area contributed by atoms with E-state index in [9.17, 15) is 0 Å². The summed E-state index contributed by atoms with van der Waals surface area (Å²) in [4.78, 5) is 9.41. The van der Waals surface area contributed by atoms with Crippen LogP contribution < -0.4 is 11.1 Å². The summed E-state index contributed by atoms with van der Waals surface area (Å²) in [5.74, 6) is 0.798. The Morgan fingerprint density at radius 1 is 1.47 bits per heavy atom. The molecule has 0 bridgehead atoms. The van der Waals surface area contributed by atoms with Crippen LogP contribution in [0.4, 0.5) is 11.5 Å². The second kappa shape index (κ2) is 4.27. The number of nitrogens with one attached hydrogen (secondary N) is 1. The van der Waals surface area contributed by atoms with Gasteiger partial charge in [0.25, 0.3) is 0 Å². The van der Waals surface area contributed by atoms with Crippen LogP contribution in [0.25, 0.3) is 0 Å². The number of nitrogens with zero attached hydrogens (tertiary/aromatic N) is 2. The molecular weight excluding hydrogens is 208 g/mol. The number of pyridine rings is 1. The van der Waals surface area contributed by atoms with Crippen molar-refractivity contribution in [1.29, 1.82) is 0 Å². The fourth-order valence-electron chi connectivity index (χ4n) is 1.14. The molecule has 2 heterocycles. The minimum atomic E-state index is 0.736. The van der Waals surface area contributed by atoms with Gasteiger partial charge in [0.15, 0.2) is 0 Å². The largest absolute Gasteiger partial charge is 0.398 e. The summed E-state index contributed by atoms with van der Waals surface area (Å²) in [6.45, 7) is 2.68. The van der Waals surface area contributed by atoms with E-state index in [0.717, 1.165) is 23.6 Å². The maximum Gasteiger partial charge on any atom is 0.128 e. The molecule has 0 spiro atoms. The quantitative estimate of drug-likeness (QED) is 0.830. The van der Waals surface area contributed by atoms with Crippen molar-refractivity contribution in [2.45, 2.75) is 13.5 Å². The van der Waals surface area contributed by atoms with Crippen LogP contribution in [0, 0.1) is 6.92 Å². The number of aromatic nitrogens is 2. The van der Waals surface area contributed by atoms with Crippen molar-refractivity contribution in [3.05, 3.63) is 34.4 Å². The van der Waals surface area contributed by atoms with E-state index in [1.165, 1.54) is 4.88 Å². The van der Waals surface area contributed by atoms with Crippen molar-refractivity contribution in [2.24, 2.45) is 0 Å². The molecule has 3 N–H and O–H groups in total. The Bertz CT molecular complexity index is 439. The molecule has 2 rings (SSSR count). The van der Waals surface area contributed by atoms with Crippen molar-refractivity contribution < 1.29 is 0 Å². The topological polar surface area (TPSA) is 63.8 Å². The van der Waals surface area contributed by atoms with Gasteiger partial charge in [-0.15, -0.1) is 11.3 Å². The molecule has 2 aromatic rings. The molecule has 0 amide bonds. The third-order valence-electron chi connectivity index (χ3n) is 2.07. The summed E-state index contributed by atoms with van der Waals surface area (Å²) in [6, 6.07) is 1.84. The molecule has 0 aliphatic carbocycles. The maximum absolute atomic E-state index is 5.78. The van der Waals surface area contributed by atoms with Crippen LogP contribution in [0.15, 0.2) is 24.0 Å². The van der Waals surface area contributed by atoms with E-state index >= 15 is 0 Å². The molecule has 0 unspecified atom stereocenters. The number of aryl methyl sites for hydroxylation is 1. The first-order valence-electron chi connectivity index (χ1n) is 4.59. The molecule has 5 heteroatoms. The van der Waals surface area contributed by atoms with Crippen molar-refractivity contribution in [3.63, 3.8) is 0 Å². The highest BCUT2D eigenvalue weighted by atomic mass is 32.1. The van der Waals surface area contributed by atoms with Gasteiger partial charge in [0.05, 0.1) is 12.1 Å². The number of hydrogen-bond acceptors (Lipinski definition) is 5. The first-order chi connectivity index (χ1) is 7.25. The fourth-order valence-corrected chi connectivity index (χ4v) is 1.68. The van der Waals surface area contributed by atoms with E-state index < -0.39 is 0 Å². The molecule has 0 saturated carbocycles. The summed E-state index contributed by atoms with van der Waals surface area (Å²) in [7, 11) is 0. The van der Waals surface area contributed by atoms with Gasteiger partial charge >= 0.3 is 0 Å². The lowest BCUT2D eigenvalue weighted by atomic mass is 10.2. The minimum Gasteiger partial charge on any atom is -0.398 e. The molecule has 15 heavy (non-hydrogen) atoms. The number of anilines is 2. The third kappa shape index (κ3) is 2.44. The molecule has 4 nitrogen and oxygen atoms in total. The number of thiazole rings is 1. The molecular formula is C10H12N4S. The van der Waals surface area contributed by atoms with Gasteiger partial charge in [-0.2, -0.15) is 0 Å². The average Bonchev–Trinajstić information content (AvgIpc) is 2.73. The highest BCUT2D eigenvalue weighted by Gasteiger charge is 1.99. The van der Waals surface area contributed by atoms with Gasteiger partial charge in [-0.1, -0.05) is 0 Å². The summed E-state index contributed by atoms with van der Waals surface area (Å²) in [6.07, 6.45) is 3.61. The zero-order valence-corrected chi connectivity index (χ0v) is 9.21. The van der Waals surface area contributed by atoms with E-state index in [1.807, 2.05) is 24.7 Å².